The van der Waals surface area contributed by atoms with Crippen molar-refractivity contribution in [3.05, 3.63) is 41.8 Å². The van der Waals surface area contributed by atoms with Crippen LogP contribution in [0.3, 0.4) is 0 Å². The van der Waals surface area contributed by atoms with E-state index in [1.54, 1.807) is 0 Å². The van der Waals surface area contributed by atoms with Gasteiger partial charge in [-0.25, -0.2) is 14.2 Å². The number of nitrogens with zero attached hydrogens (tertiary/aromatic N) is 2. The molecule has 3 amide bonds. The number of urea groups is 1. The number of anilines is 2. The number of aliphatic hydroxyl groups is 1. The fraction of sp³-hybridized carbons (Fsp3) is 0.350. The van der Waals surface area contributed by atoms with Crippen LogP contribution in [0.5, 0.6) is 11.5 Å². The highest BCUT2D eigenvalue weighted by Crippen LogP contribution is 2.33. The Kier molecular flexibility index (Phi) is 6.36. The average Bonchev–Trinajstić information content (AvgIpc) is 2.70. The second kappa shape index (κ2) is 8.73. The molecule has 1 atom stereocenters. The summed E-state index contributed by atoms with van der Waals surface area (Å²) in [6.07, 6.45) is -3.76. The van der Waals surface area contributed by atoms with Crippen molar-refractivity contribution in [2.75, 3.05) is 23.9 Å². The lowest BCUT2D eigenvalue weighted by Gasteiger charge is -2.34. The van der Waals surface area contributed by atoms with Crippen LogP contribution in [0, 0.1) is 5.82 Å². The van der Waals surface area contributed by atoms with E-state index < -0.39 is 48.1 Å². The third-order valence-corrected chi connectivity index (χ3v) is 4.64. The first-order chi connectivity index (χ1) is 15.3. The van der Waals surface area contributed by atoms with Gasteiger partial charge in [0.2, 0.25) is 5.91 Å². The SMILES string of the molecule is COc1cnc2c(c1)NC(=O)CN2C(=O)NC(c1ccc(OC(F)(F)F)c(F)c1)C(C)(C)O. The monoisotopic (exact) mass is 472 g/mol. The van der Waals surface area contributed by atoms with E-state index in [4.69, 9.17) is 4.74 Å². The number of hydrogen-bond donors (Lipinski definition) is 3. The molecule has 1 aromatic carbocycles. The van der Waals surface area contributed by atoms with Crippen molar-refractivity contribution in [2.24, 2.45) is 0 Å². The molecule has 2 heterocycles. The zero-order valence-corrected chi connectivity index (χ0v) is 17.7. The van der Waals surface area contributed by atoms with Crippen LogP contribution >= 0.6 is 0 Å². The lowest BCUT2D eigenvalue weighted by Crippen LogP contribution is -2.51. The lowest BCUT2D eigenvalue weighted by molar-refractivity contribution is -0.275. The summed E-state index contributed by atoms with van der Waals surface area (Å²) in [5.41, 5.74) is -1.50. The highest BCUT2D eigenvalue weighted by Gasteiger charge is 2.36. The van der Waals surface area contributed by atoms with E-state index in [1.165, 1.54) is 33.2 Å². The topological polar surface area (TPSA) is 113 Å². The Bertz CT molecular complexity index is 1070. The number of pyridine rings is 1. The third-order valence-electron chi connectivity index (χ3n) is 4.64. The molecule has 0 saturated carbocycles. The first-order valence-electron chi connectivity index (χ1n) is 9.48. The largest absolute Gasteiger partial charge is 0.573 e. The highest BCUT2D eigenvalue weighted by atomic mass is 19.4. The van der Waals surface area contributed by atoms with Crippen LogP contribution in [0.2, 0.25) is 0 Å². The summed E-state index contributed by atoms with van der Waals surface area (Å²) in [7, 11) is 1.40. The number of halogens is 4. The number of nitrogens with one attached hydrogen (secondary N) is 2. The number of amides is 3. The van der Waals surface area contributed by atoms with Crippen LogP contribution in [0.15, 0.2) is 30.5 Å². The summed E-state index contributed by atoms with van der Waals surface area (Å²) in [6.45, 7) is 2.23. The molecule has 1 aliphatic rings. The molecule has 0 aliphatic carbocycles. The van der Waals surface area contributed by atoms with Crippen LogP contribution < -0.4 is 25.0 Å². The van der Waals surface area contributed by atoms with Gasteiger partial charge in [-0.1, -0.05) is 6.07 Å². The molecule has 1 aliphatic heterocycles. The van der Waals surface area contributed by atoms with Gasteiger partial charge in [0.25, 0.3) is 0 Å². The van der Waals surface area contributed by atoms with Crippen molar-refractivity contribution >= 4 is 23.4 Å². The Hall–Kier alpha value is -3.61. The van der Waals surface area contributed by atoms with Gasteiger partial charge in [0, 0.05) is 6.07 Å². The second-order valence-corrected chi connectivity index (χ2v) is 7.65. The minimum absolute atomic E-state index is 0.0350. The van der Waals surface area contributed by atoms with Crippen molar-refractivity contribution < 1.29 is 41.7 Å². The number of ether oxygens (including phenoxy) is 2. The lowest BCUT2D eigenvalue weighted by atomic mass is 9.91. The van der Waals surface area contributed by atoms with Crippen molar-refractivity contribution in [1.82, 2.24) is 10.3 Å². The summed E-state index contributed by atoms with van der Waals surface area (Å²) in [5, 5.41) is 15.6. The van der Waals surface area contributed by atoms with Gasteiger partial charge in [-0.2, -0.15) is 0 Å². The van der Waals surface area contributed by atoms with Crippen LogP contribution in [0.4, 0.5) is 33.9 Å². The van der Waals surface area contributed by atoms with E-state index in [0.717, 1.165) is 17.0 Å². The van der Waals surface area contributed by atoms with E-state index in [2.05, 4.69) is 20.4 Å². The van der Waals surface area contributed by atoms with Gasteiger partial charge in [0.15, 0.2) is 17.4 Å². The smallest absolute Gasteiger partial charge is 0.495 e. The molecule has 0 spiro atoms. The van der Waals surface area contributed by atoms with Crippen molar-refractivity contribution in [1.29, 1.82) is 0 Å². The molecule has 13 heteroatoms. The summed E-state index contributed by atoms with van der Waals surface area (Å²) < 4.78 is 60.1. The molecule has 3 rings (SSSR count). The maximum atomic E-state index is 14.2. The molecular formula is C20H20F4N4O5. The quantitative estimate of drug-likeness (QED) is 0.577. The summed E-state index contributed by atoms with van der Waals surface area (Å²) in [6, 6.07) is 1.86. The molecule has 0 saturated heterocycles. The van der Waals surface area contributed by atoms with Gasteiger partial charge in [0.05, 0.1) is 30.6 Å². The minimum Gasteiger partial charge on any atom is -0.495 e. The number of benzene rings is 1. The van der Waals surface area contributed by atoms with Gasteiger partial charge in [-0.3, -0.25) is 9.69 Å². The van der Waals surface area contributed by atoms with Gasteiger partial charge in [0.1, 0.15) is 12.3 Å². The average molecular weight is 472 g/mol. The molecule has 3 N–H and O–H groups in total. The standard InChI is InChI=1S/C20H20F4N4O5/c1-19(2,31)16(10-4-5-14(12(21)6-10)33-20(22,23)24)27-18(30)28-9-15(29)26-13-7-11(32-3)8-25-17(13)28/h4-8,16,31H,9H2,1-3H3,(H,26,29)(H,27,30). The fourth-order valence-electron chi connectivity index (χ4n) is 3.21. The first kappa shape index (κ1) is 24.0. The number of hydrogen-bond acceptors (Lipinski definition) is 6. The number of methoxy groups -OCH3 is 1. The molecule has 0 radical (unpaired) electrons. The second-order valence-electron chi connectivity index (χ2n) is 7.65. The Morgan fingerprint density at radius 3 is 2.58 bits per heavy atom. The zero-order chi connectivity index (χ0) is 24.6. The van der Waals surface area contributed by atoms with Gasteiger partial charge in [-0.15, -0.1) is 13.2 Å². The van der Waals surface area contributed by atoms with Crippen LogP contribution in [-0.2, 0) is 4.79 Å². The van der Waals surface area contributed by atoms with Crippen LogP contribution in [0.1, 0.15) is 25.5 Å². The van der Waals surface area contributed by atoms with Crippen molar-refractivity contribution in [2.45, 2.75) is 31.9 Å². The number of fused-ring (bicyclic) bond motifs is 1. The predicted octanol–water partition coefficient (Wildman–Crippen LogP) is 3.11. The molecule has 1 unspecified atom stereocenters. The zero-order valence-electron chi connectivity index (χ0n) is 17.7. The number of carbonyl (C=O) groups is 2. The van der Waals surface area contributed by atoms with E-state index in [9.17, 15) is 32.3 Å². The van der Waals surface area contributed by atoms with Crippen LogP contribution in [0.25, 0.3) is 0 Å². The van der Waals surface area contributed by atoms with E-state index in [1.807, 2.05) is 0 Å². The first-order valence-corrected chi connectivity index (χ1v) is 9.48. The molecule has 2 aromatic rings. The molecular weight excluding hydrogens is 452 g/mol. The maximum Gasteiger partial charge on any atom is 0.573 e. The van der Waals surface area contributed by atoms with E-state index in [-0.39, 0.29) is 17.1 Å². The van der Waals surface area contributed by atoms with Crippen molar-refractivity contribution in [3.8, 4) is 11.5 Å². The summed E-state index contributed by atoms with van der Waals surface area (Å²) >= 11 is 0. The van der Waals surface area contributed by atoms with Crippen molar-refractivity contribution in [3.63, 3.8) is 0 Å². The Morgan fingerprint density at radius 1 is 1.30 bits per heavy atom. The number of alkyl halides is 3. The van der Waals surface area contributed by atoms with Gasteiger partial charge >= 0.3 is 12.4 Å². The highest BCUT2D eigenvalue weighted by molar-refractivity contribution is 6.08. The fourth-order valence-corrected chi connectivity index (χ4v) is 3.21. The maximum absolute atomic E-state index is 14.2. The Morgan fingerprint density at radius 2 is 2.00 bits per heavy atom. The minimum atomic E-state index is -5.09. The van der Waals surface area contributed by atoms with Crippen LogP contribution in [-0.4, -0.2) is 47.6 Å². The normalized spacial score (nSPS) is 14.8. The van der Waals surface area contributed by atoms with Gasteiger partial charge in [-0.05, 0) is 31.5 Å². The number of carbonyl (C=O) groups excluding carboxylic acids is 2. The third kappa shape index (κ3) is 5.61. The Balaban J connectivity index is 1.90. The van der Waals surface area contributed by atoms with E-state index >= 15 is 0 Å². The predicted molar refractivity (Wildman–Crippen MR) is 107 cm³/mol. The molecule has 9 nitrogen and oxygen atoms in total. The number of aromatic nitrogens is 1. The molecule has 33 heavy (non-hydrogen) atoms. The number of rotatable bonds is 5. The summed E-state index contributed by atoms with van der Waals surface area (Å²) in [4.78, 5) is 30.2. The molecule has 0 fully saturated rings. The Labute approximate surface area is 185 Å². The van der Waals surface area contributed by atoms with Gasteiger partial charge < -0.3 is 25.2 Å². The molecule has 178 valence electrons. The molecule has 1 aromatic heterocycles. The summed E-state index contributed by atoms with van der Waals surface area (Å²) in [5.74, 6) is -2.49. The van der Waals surface area contributed by atoms with E-state index in [0.29, 0.717) is 11.8 Å². The molecule has 0 bridgehead atoms.